The van der Waals surface area contributed by atoms with E-state index in [1.807, 2.05) is 6.92 Å². The molecule has 1 rings (SSSR count). The van der Waals surface area contributed by atoms with Gasteiger partial charge in [-0.25, -0.2) is 0 Å². The van der Waals surface area contributed by atoms with Crippen LogP contribution < -0.4 is 11.1 Å². The summed E-state index contributed by atoms with van der Waals surface area (Å²) in [6.07, 6.45) is 7.64. The zero-order chi connectivity index (χ0) is 15.0. The largest absolute Gasteiger partial charge is 0.395 e. The van der Waals surface area contributed by atoms with Crippen molar-refractivity contribution >= 4 is 11.6 Å². The Kier molecular flexibility index (Phi) is 7.12. The van der Waals surface area contributed by atoms with Gasteiger partial charge in [-0.1, -0.05) is 46.0 Å². The van der Waals surface area contributed by atoms with E-state index in [4.69, 9.17) is 5.73 Å². The van der Waals surface area contributed by atoms with Crippen LogP contribution in [0.3, 0.4) is 0 Å². The number of nitrogens with two attached hydrogens (primary N) is 1. The molecule has 1 heterocycles. The lowest BCUT2D eigenvalue weighted by Crippen LogP contribution is -2.33. The Morgan fingerprint density at radius 1 is 1.30 bits per heavy atom. The summed E-state index contributed by atoms with van der Waals surface area (Å²) in [5.74, 6) is -0.177. The Morgan fingerprint density at radius 3 is 2.70 bits per heavy atom. The average Bonchev–Trinajstić information content (AvgIpc) is 2.77. The predicted octanol–water partition coefficient (Wildman–Crippen LogP) is 3.03. The van der Waals surface area contributed by atoms with Crippen molar-refractivity contribution in [2.45, 2.75) is 71.8 Å². The predicted molar refractivity (Wildman–Crippen MR) is 82.7 cm³/mol. The minimum absolute atomic E-state index is 0.157. The maximum Gasteiger partial charge on any atom is 0.274 e. The van der Waals surface area contributed by atoms with Gasteiger partial charge >= 0.3 is 0 Å². The topological polar surface area (TPSA) is 83.8 Å². The van der Waals surface area contributed by atoms with Crippen LogP contribution in [0.5, 0.6) is 0 Å². The number of nitrogens with one attached hydrogen (secondary N) is 2. The number of anilines is 1. The van der Waals surface area contributed by atoms with Gasteiger partial charge in [-0.05, 0) is 19.8 Å². The Morgan fingerprint density at radius 2 is 2.05 bits per heavy atom. The second-order valence-electron chi connectivity index (χ2n) is 5.44. The number of amides is 1. The van der Waals surface area contributed by atoms with Crippen LogP contribution in [-0.4, -0.2) is 22.1 Å². The van der Waals surface area contributed by atoms with Crippen LogP contribution in [0.4, 0.5) is 5.69 Å². The molecule has 0 aliphatic rings. The number of aromatic amines is 1. The third-order valence-corrected chi connectivity index (χ3v) is 3.47. The van der Waals surface area contributed by atoms with Crippen LogP contribution in [0, 0.1) is 0 Å². The molecule has 1 aromatic rings. The molecule has 0 spiro atoms. The van der Waals surface area contributed by atoms with Gasteiger partial charge in [0.25, 0.3) is 5.91 Å². The summed E-state index contributed by atoms with van der Waals surface area (Å²) >= 11 is 0. The minimum Gasteiger partial charge on any atom is -0.395 e. The molecule has 0 bridgehead atoms. The second-order valence-corrected chi connectivity index (χ2v) is 5.44. The molecule has 0 fully saturated rings. The average molecular weight is 280 g/mol. The van der Waals surface area contributed by atoms with Gasteiger partial charge in [0.05, 0.1) is 11.4 Å². The standard InChI is InChI=1S/C15H28N4O/c1-4-6-7-8-10-11(3)17-15(20)14-13(16)12(9-5-2)18-19-14/h11H,4-10,16H2,1-3H3,(H,17,20)(H,18,19). The van der Waals surface area contributed by atoms with Crippen LogP contribution in [-0.2, 0) is 6.42 Å². The van der Waals surface area contributed by atoms with Gasteiger partial charge in [0.1, 0.15) is 0 Å². The third kappa shape index (κ3) is 4.87. The number of nitrogen functional groups attached to an aromatic ring is 1. The van der Waals surface area contributed by atoms with Crippen molar-refractivity contribution < 1.29 is 4.79 Å². The summed E-state index contributed by atoms with van der Waals surface area (Å²) in [5, 5.41) is 9.86. The molecular formula is C15H28N4O. The van der Waals surface area contributed by atoms with Crippen LogP contribution in [0.1, 0.15) is 75.5 Å². The van der Waals surface area contributed by atoms with Crippen molar-refractivity contribution in [1.29, 1.82) is 0 Å². The normalized spacial score (nSPS) is 12.3. The molecule has 5 heteroatoms. The molecule has 1 atom stereocenters. The number of carbonyl (C=O) groups is 1. The fraction of sp³-hybridized carbons (Fsp3) is 0.733. The summed E-state index contributed by atoms with van der Waals surface area (Å²) in [6, 6.07) is 0.157. The van der Waals surface area contributed by atoms with Gasteiger partial charge in [-0.2, -0.15) is 5.10 Å². The minimum atomic E-state index is -0.177. The van der Waals surface area contributed by atoms with Crippen molar-refractivity contribution in [2.75, 3.05) is 5.73 Å². The van der Waals surface area contributed by atoms with Gasteiger partial charge < -0.3 is 11.1 Å². The van der Waals surface area contributed by atoms with E-state index in [1.165, 1.54) is 19.3 Å². The number of unbranched alkanes of at least 4 members (excludes halogenated alkanes) is 3. The summed E-state index contributed by atoms with van der Waals surface area (Å²) in [5.41, 5.74) is 7.62. The Bertz CT molecular complexity index is 414. The van der Waals surface area contributed by atoms with E-state index < -0.39 is 0 Å². The Balaban J connectivity index is 2.45. The molecule has 1 unspecified atom stereocenters. The van der Waals surface area contributed by atoms with Gasteiger partial charge in [-0.3, -0.25) is 9.89 Å². The van der Waals surface area contributed by atoms with Crippen LogP contribution in [0.2, 0.25) is 0 Å². The number of H-pyrrole nitrogens is 1. The maximum absolute atomic E-state index is 12.1. The summed E-state index contributed by atoms with van der Waals surface area (Å²) in [4.78, 5) is 12.1. The lowest BCUT2D eigenvalue weighted by Gasteiger charge is -2.13. The fourth-order valence-electron chi connectivity index (χ4n) is 2.24. The van der Waals surface area contributed by atoms with E-state index in [0.717, 1.165) is 31.4 Å². The summed E-state index contributed by atoms with van der Waals surface area (Å²) in [7, 11) is 0. The number of carbonyl (C=O) groups excluding carboxylic acids is 1. The van der Waals surface area contributed by atoms with Crippen LogP contribution in [0.15, 0.2) is 0 Å². The molecule has 0 saturated carbocycles. The summed E-state index contributed by atoms with van der Waals surface area (Å²) in [6.45, 7) is 6.29. The molecule has 1 amide bonds. The van der Waals surface area contributed by atoms with E-state index >= 15 is 0 Å². The van der Waals surface area contributed by atoms with E-state index in [2.05, 4.69) is 29.4 Å². The molecule has 114 valence electrons. The van der Waals surface area contributed by atoms with Gasteiger partial charge in [0.15, 0.2) is 5.69 Å². The molecular weight excluding hydrogens is 252 g/mol. The maximum atomic E-state index is 12.1. The van der Waals surface area contributed by atoms with Crippen molar-refractivity contribution in [1.82, 2.24) is 15.5 Å². The molecule has 0 aromatic carbocycles. The van der Waals surface area contributed by atoms with Crippen LogP contribution in [0.25, 0.3) is 0 Å². The number of aryl methyl sites for hydroxylation is 1. The first kappa shape index (κ1) is 16.5. The number of hydrogen-bond acceptors (Lipinski definition) is 3. The highest BCUT2D eigenvalue weighted by atomic mass is 16.2. The highest BCUT2D eigenvalue weighted by Crippen LogP contribution is 2.16. The van der Waals surface area contributed by atoms with Gasteiger partial charge in [0, 0.05) is 6.04 Å². The van der Waals surface area contributed by atoms with Crippen molar-refractivity contribution in [2.24, 2.45) is 0 Å². The first-order valence-electron chi connectivity index (χ1n) is 7.73. The molecule has 0 radical (unpaired) electrons. The Hall–Kier alpha value is -1.52. The number of hydrogen-bond donors (Lipinski definition) is 3. The summed E-state index contributed by atoms with van der Waals surface area (Å²) < 4.78 is 0. The van der Waals surface area contributed by atoms with Gasteiger partial charge in [0.2, 0.25) is 0 Å². The molecule has 4 N–H and O–H groups in total. The SMILES string of the molecule is CCCCCCC(C)NC(=O)c1n[nH]c(CCC)c1N. The Labute approximate surface area is 121 Å². The third-order valence-electron chi connectivity index (χ3n) is 3.47. The number of rotatable bonds is 9. The number of nitrogens with zero attached hydrogens (tertiary/aromatic N) is 1. The van der Waals surface area contributed by atoms with E-state index in [-0.39, 0.29) is 11.9 Å². The molecule has 20 heavy (non-hydrogen) atoms. The first-order chi connectivity index (χ1) is 9.60. The highest BCUT2D eigenvalue weighted by Gasteiger charge is 2.18. The lowest BCUT2D eigenvalue weighted by molar-refractivity contribution is 0.0933. The van der Waals surface area contributed by atoms with E-state index in [9.17, 15) is 4.79 Å². The first-order valence-corrected chi connectivity index (χ1v) is 7.73. The van der Waals surface area contributed by atoms with Crippen molar-refractivity contribution in [3.05, 3.63) is 11.4 Å². The number of aromatic nitrogens is 2. The monoisotopic (exact) mass is 280 g/mol. The quantitative estimate of drug-likeness (QED) is 0.608. The van der Waals surface area contributed by atoms with E-state index in [0.29, 0.717) is 11.4 Å². The van der Waals surface area contributed by atoms with E-state index in [1.54, 1.807) is 0 Å². The van der Waals surface area contributed by atoms with Crippen LogP contribution >= 0.6 is 0 Å². The van der Waals surface area contributed by atoms with Crippen molar-refractivity contribution in [3.63, 3.8) is 0 Å². The van der Waals surface area contributed by atoms with Crippen molar-refractivity contribution in [3.8, 4) is 0 Å². The highest BCUT2D eigenvalue weighted by molar-refractivity contribution is 5.97. The van der Waals surface area contributed by atoms with Gasteiger partial charge in [-0.15, -0.1) is 0 Å². The second kappa shape index (κ2) is 8.61. The molecule has 0 saturated heterocycles. The smallest absolute Gasteiger partial charge is 0.274 e. The molecule has 5 nitrogen and oxygen atoms in total. The lowest BCUT2D eigenvalue weighted by atomic mass is 10.1. The molecule has 0 aliphatic heterocycles. The zero-order valence-electron chi connectivity index (χ0n) is 13.0. The zero-order valence-corrected chi connectivity index (χ0v) is 13.0. The fourth-order valence-corrected chi connectivity index (χ4v) is 2.24. The molecule has 1 aromatic heterocycles. The molecule has 0 aliphatic carbocycles.